The summed E-state index contributed by atoms with van der Waals surface area (Å²) in [5, 5.41) is 9.41. The molecular formula is C21H18ClN5O2S. The molecule has 0 saturated carbocycles. The molecule has 4 rings (SSSR count). The van der Waals surface area contributed by atoms with Gasteiger partial charge in [0.1, 0.15) is 17.6 Å². The van der Waals surface area contributed by atoms with Crippen LogP contribution in [0.15, 0.2) is 70.3 Å². The van der Waals surface area contributed by atoms with Crippen molar-refractivity contribution >= 4 is 40.5 Å². The largest absolute Gasteiger partial charge is 0.347 e. The van der Waals surface area contributed by atoms with Crippen LogP contribution in [0.5, 0.6) is 0 Å². The van der Waals surface area contributed by atoms with Crippen LogP contribution < -0.4 is 10.2 Å². The molecule has 0 spiro atoms. The van der Waals surface area contributed by atoms with Crippen LogP contribution in [-0.2, 0) is 11.2 Å². The number of nitrogens with zero attached hydrogens (tertiary/aromatic N) is 4. The SMILES string of the molecule is CN(c1cscn1)[C@@H](Cc1ccc(Cl)cc1)C(=O)Nc1cc(-c2ccncc2)no1. The van der Waals surface area contributed by atoms with Crippen LogP contribution >= 0.6 is 22.9 Å². The van der Waals surface area contributed by atoms with Gasteiger partial charge < -0.3 is 9.42 Å². The number of aromatic nitrogens is 3. The summed E-state index contributed by atoms with van der Waals surface area (Å²) >= 11 is 7.47. The Morgan fingerprint density at radius 1 is 1.23 bits per heavy atom. The zero-order chi connectivity index (χ0) is 20.9. The smallest absolute Gasteiger partial charge is 0.249 e. The van der Waals surface area contributed by atoms with Gasteiger partial charge in [-0.1, -0.05) is 28.9 Å². The van der Waals surface area contributed by atoms with E-state index in [1.165, 1.54) is 11.3 Å². The molecule has 0 fully saturated rings. The van der Waals surface area contributed by atoms with Gasteiger partial charge in [-0.25, -0.2) is 4.98 Å². The highest BCUT2D eigenvalue weighted by Crippen LogP contribution is 2.23. The molecule has 30 heavy (non-hydrogen) atoms. The molecule has 0 aliphatic carbocycles. The molecule has 0 aliphatic heterocycles. The molecule has 4 aromatic rings. The molecule has 1 aromatic carbocycles. The highest BCUT2D eigenvalue weighted by Gasteiger charge is 2.26. The lowest BCUT2D eigenvalue weighted by atomic mass is 10.0. The number of halogens is 1. The molecule has 3 aromatic heterocycles. The molecule has 0 radical (unpaired) electrons. The quantitative estimate of drug-likeness (QED) is 0.455. The molecular weight excluding hydrogens is 422 g/mol. The first-order valence-corrected chi connectivity index (χ1v) is 10.5. The number of amides is 1. The van der Waals surface area contributed by atoms with Crippen LogP contribution in [-0.4, -0.2) is 34.1 Å². The molecule has 1 atom stereocenters. The van der Waals surface area contributed by atoms with Crippen molar-refractivity contribution in [1.82, 2.24) is 15.1 Å². The van der Waals surface area contributed by atoms with Gasteiger partial charge >= 0.3 is 0 Å². The Hall–Kier alpha value is -3.23. The Labute approximate surface area is 182 Å². The lowest BCUT2D eigenvalue weighted by Gasteiger charge is -2.27. The Bertz CT molecular complexity index is 1100. The minimum Gasteiger partial charge on any atom is -0.347 e. The third-order valence-corrected chi connectivity index (χ3v) is 5.45. The van der Waals surface area contributed by atoms with Gasteiger partial charge in [0.15, 0.2) is 0 Å². The third-order valence-electron chi connectivity index (χ3n) is 4.63. The average molecular weight is 440 g/mol. The van der Waals surface area contributed by atoms with E-state index < -0.39 is 6.04 Å². The van der Waals surface area contributed by atoms with Gasteiger partial charge in [-0.05, 0) is 29.8 Å². The number of hydrogen-bond donors (Lipinski definition) is 1. The highest BCUT2D eigenvalue weighted by atomic mass is 35.5. The first-order chi connectivity index (χ1) is 14.6. The summed E-state index contributed by atoms with van der Waals surface area (Å²) < 4.78 is 5.32. The van der Waals surface area contributed by atoms with E-state index in [1.54, 1.807) is 24.0 Å². The summed E-state index contributed by atoms with van der Waals surface area (Å²) in [6.07, 6.45) is 3.82. The normalized spacial score (nSPS) is 11.8. The van der Waals surface area contributed by atoms with Crippen molar-refractivity contribution in [3.8, 4) is 11.3 Å². The van der Waals surface area contributed by atoms with Crippen LogP contribution in [0.4, 0.5) is 11.7 Å². The molecule has 0 bridgehead atoms. The zero-order valence-electron chi connectivity index (χ0n) is 16.0. The molecule has 0 unspecified atom stereocenters. The number of carbonyl (C=O) groups excluding carboxylic acids is 1. The van der Waals surface area contributed by atoms with Crippen LogP contribution in [0, 0.1) is 0 Å². The van der Waals surface area contributed by atoms with Crippen molar-refractivity contribution in [3.05, 3.63) is 76.3 Å². The second kappa shape index (κ2) is 9.06. The van der Waals surface area contributed by atoms with Crippen LogP contribution in [0.25, 0.3) is 11.3 Å². The van der Waals surface area contributed by atoms with Crippen molar-refractivity contribution in [3.63, 3.8) is 0 Å². The fourth-order valence-corrected chi connectivity index (χ4v) is 3.69. The predicted molar refractivity (Wildman–Crippen MR) is 118 cm³/mol. The van der Waals surface area contributed by atoms with E-state index in [0.717, 1.165) is 16.9 Å². The topological polar surface area (TPSA) is 84.2 Å². The summed E-state index contributed by atoms with van der Waals surface area (Å²) in [5.41, 5.74) is 4.19. The lowest BCUT2D eigenvalue weighted by molar-refractivity contribution is -0.117. The van der Waals surface area contributed by atoms with Crippen LogP contribution in [0.3, 0.4) is 0 Å². The second-order valence-corrected chi connectivity index (χ2v) is 7.76. The maximum atomic E-state index is 13.2. The Balaban J connectivity index is 1.54. The fraction of sp³-hybridized carbons (Fsp3) is 0.143. The van der Waals surface area contributed by atoms with Crippen molar-refractivity contribution in [2.45, 2.75) is 12.5 Å². The molecule has 7 nitrogen and oxygen atoms in total. The number of hydrogen-bond acceptors (Lipinski definition) is 7. The number of thiazole rings is 1. The number of rotatable bonds is 7. The maximum Gasteiger partial charge on any atom is 0.249 e. The van der Waals surface area contributed by atoms with E-state index in [1.807, 2.05) is 53.7 Å². The van der Waals surface area contributed by atoms with Gasteiger partial charge in [0, 0.05) is 47.9 Å². The summed E-state index contributed by atoms with van der Waals surface area (Å²) in [4.78, 5) is 23.3. The first-order valence-electron chi connectivity index (χ1n) is 9.13. The number of likely N-dealkylation sites (N-methyl/N-ethyl adjacent to an activating group) is 1. The fourth-order valence-electron chi connectivity index (χ4n) is 2.99. The Morgan fingerprint density at radius 2 is 2.00 bits per heavy atom. The van der Waals surface area contributed by atoms with E-state index >= 15 is 0 Å². The van der Waals surface area contributed by atoms with Gasteiger partial charge in [0.25, 0.3) is 0 Å². The van der Waals surface area contributed by atoms with E-state index in [2.05, 4.69) is 20.4 Å². The number of nitrogens with one attached hydrogen (secondary N) is 1. The van der Waals surface area contributed by atoms with Gasteiger partial charge in [-0.3, -0.25) is 15.1 Å². The van der Waals surface area contributed by atoms with Crippen LogP contribution in [0.2, 0.25) is 5.02 Å². The summed E-state index contributed by atoms with van der Waals surface area (Å²) in [7, 11) is 1.85. The number of carbonyl (C=O) groups is 1. The Morgan fingerprint density at radius 3 is 2.70 bits per heavy atom. The van der Waals surface area contributed by atoms with Crippen LogP contribution in [0.1, 0.15) is 5.56 Å². The van der Waals surface area contributed by atoms with Gasteiger partial charge in [-0.15, -0.1) is 11.3 Å². The van der Waals surface area contributed by atoms with E-state index in [9.17, 15) is 4.79 Å². The molecule has 1 N–H and O–H groups in total. The standard InChI is InChI=1S/C21H18ClN5O2S/c1-27(19-12-30-13-24-19)18(10-14-2-4-16(22)5-3-14)21(28)25-20-11-17(26-29-20)15-6-8-23-9-7-15/h2-9,11-13,18H,10H2,1H3,(H,25,28)/t18-/m0/s1. The van der Waals surface area contributed by atoms with E-state index in [-0.39, 0.29) is 11.8 Å². The van der Waals surface area contributed by atoms with E-state index in [0.29, 0.717) is 17.1 Å². The molecule has 0 aliphatic rings. The van der Waals surface area contributed by atoms with Gasteiger partial charge in [-0.2, -0.15) is 0 Å². The second-order valence-electron chi connectivity index (χ2n) is 6.61. The summed E-state index contributed by atoms with van der Waals surface area (Å²) in [5.74, 6) is 0.779. The summed E-state index contributed by atoms with van der Waals surface area (Å²) in [6, 6.07) is 12.3. The van der Waals surface area contributed by atoms with E-state index in [4.69, 9.17) is 16.1 Å². The molecule has 0 saturated heterocycles. The van der Waals surface area contributed by atoms with Crippen molar-refractivity contribution in [2.24, 2.45) is 0 Å². The highest BCUT2D eigenvalue weighted by molar-refractivity contribution is 7.07. The molecule has 152 valence electrons. The molecule has 3 heterocycles. The third kappa shape index (κ3) is 4.67. The Kier molecular flexibility index (Phi) is 6.06. The van der Waals surface area contributed by atoms with Gasteiger partial charge in [0.05, 0.1) is 5.51 Å². The molecule has 9 heteroatoms. The van der Waals surface area contributed by atoms with Gasteiger partial charge in [0.2, 0.25) is 11.8 Å². The maximum absolute atomic E-state index is 13.2. The van der Waals surface area contributed by atoms with Crippen molar-refractivity contribution in [2.75, 3.05) is 17.3 Å². The lowest BCUT2D eigenvalue weighted by Crippen LogP contribution is -2.43. The average Bonchev–Trinajstić information content (AvgIpc) is 3.46. The number of benzene rings is 1. The predicted octanol–water partition coefficient (Wildman–Crippen LogP) is 4.53. The first kappa shape index (κ1) is 20.1. The monoisotopic (exact) mass is 439 g/mol. The minimum atomic E-state index is -0.511. The minimum absolute atomic E-state index is 0.224. The number of pyridine rings is 1. The summed E-state index contributed by atoms with van der Waals surface area (Å²) in [6.45, 7) is 0. The molecule has 1 amide bonds. The van der Waals surface area contributed by atoms with Crippen molar-refractivity contribution < 1.29 is 9.32 Å². The number of anilines is 2. The zero-order valence-corrected chi connectivity index (χ0v) is 17.6. The van der Waals surface area contributed by atoms with Crippen molar-refractivity contribution in [1.29, 1.82) is 0 Å².